The summed E-state index contributed by atoms with van der Waals surface area (Å²) >= 11 is 0. The van der Waals surface area contributed by atoms with E-state index in [1.807, 2.05) is 0 Å². The SMILES string of the molecule is Cc1nc(N)nc(OC(C)(C)C)c1[N+](=O)[O-]. The van der Waals surface area contributed by atoms with Gasteiger partial charge in [-0.1, -0.05) is 0 Å². The topological polar surface area (TPSA) is 104 Å². The van der Waals surface area contributed by atoms with Crippen molar-refractivity contribution in [1.29, 1.82) is 0 Å². The number of anilines is 1. The Morgan fingerprint density at radius 2 is 1.94 bits per heavy atom. The second-order valence-electron chi connectivity index (χ2n) is 4.29. The first kappa shape index (κ1) is 12.2. The van der Waals surface area contributed by atoms with E-state index in [-0.39, 0.29) is 23.2 Å². The lowest BCUT2D eigenvalue weighted by Crippen LogP contribution is -2.24. The van der Waals surface area contributed by atoms with Crippen LogP contribution in [0, 0.1) is 17.0 Å². The van der Waals surface area contributed by atoms with E-state index >= 15 is 0 Å². The van der Waals surface area contributed by atoms with E-state index in [2.05, 4.69) is 9.97 Å². The molecule has 0 atom stereocenters. The Morgan fingerprint density at radius 1 is 1.38 bits per heavy atom. The van der Waals surface area contributed by atoms with Crippen LogP contribution in [-0.2, 0) is 0 Å². The maximum atomic E-state index is 10.8. The van der Waals surface area contributed by atoms with Gasteiger partial charge in [0.25, 0.3) is 5.88 Å². The molecule has 7 nitrogen and oxygen atoms in total. The molecule has 0 saturated heterocycles. The number of nitrogens with zero attached hydrogens (tertiary/aromatic N) is 3. The maximum absolute atomic E-state index is 10.8. The van der Waals surface area contributed by atoms with Crippen molar-refractivity contribution in [2.75, 3.05) is 5.73 Å². The van der Waals surface area contributed by atoms with E-state index in [0.29, 0.717) is 0 Å². The number of aromatic nitrogens is 2. The summed E-state index contributed by atoms with van der Waals surface area (Å²) in [6, 6.07) is 0. The summed E-state index contributed by atoms with van der Waals surface area (Å²) in [6.45, 7) is 6.80. The van der Waals surface area contributed by atoms with Crippen LogP contribution < -0.4 is 10.5 Å². The standard InChI is InChI=1S/C9H14N4O3/c1-5-6(13(14)15)7(12-8(10)11-5)16-9(2,3)4/h1-4H3,(H2,10,11,12). The van der Waals surface area contributed by atoms with E-state index in [0.717, 1.165) is 0 Å². The molecule has 16 heavy (non-hydrogen) atoms. The molecule has 88 valence electrons. The fourth-order valence-electron chi connectivity index (χ4n) is 1.13. The van der Waals surface area contributed by atoms with Crippen molar-refractivity contribution < 1.29 is 9.66 Å². The lowest BCUT2D eigenvalue weighted by Gasteiger charge is -2.20. The van der Waals surface area contributed by atoms with E-state index < -0.39 is 10.5 Å². The predicted octanol–water partition coefficient (Wildman–Crippen LogP) is 1.45. The lowest BCUT2D eigenvalue weighted by atomic mass is 10.2. The van der Waals surface area contributed by atoms with Crippen LogP contribution >= 0.6 is 0 Å². The van der Waals surface area contributed by atoms with Crippen LogP contribution in [0.4, 0.5) is 11.6 Å². The molecule has 0 saturated carbocycles. The number of ether oxygens (including phenoxy) is 1. The Balaban J connectivity index is 3.30. The minimum atomic E-state index is -0.585. The van der Waals surface area contributed by atoms with Crippen LogP contribution in [-0.4, -0.2) is 20.5 Å². The first-order valence-electron chi connectivity index (χ1n) is 4.68. The molecule has 1 heterocycles. The van der Waals surface area contributed by atoms with Gasteiger partial charge in [-0.05, 0) is 27.7 Å². The van der Waals surface area contributed by atoms with Gasteiger partial charge in [0, 0.05) is 0 Å². The van der Waals surface area contributed by atoms with E-state index in [1.165, 1.54) is 6.92 Å². The summed E-state index contributed by atoms with van der Waals surface area (Å²) in [5.41, 5.74) is 4.78. The normalized spacial score (nSPS) is 11.2. The molecule has 0 aliphatic carbocycles. The molecule has 0 fully saturated rings. The molecule has 1 aromatic rings. The highest BCUT2D eigenvalue weighted by Crippen LogP contribution is 2.30. The molecule has 2 N–H and O–H groups in total. The number of nitrogens with two attached hydrogens (primary N) is 1. The van der Waals surface area contributed by atoms with Gasteiger partial charge >= 0.3 is 5.69 Å². The van der Waals surface area contributed by atoms with Crippen LogP contribution in [0.1, 0.15) is 26.5 Å². The highest BCUT2D eigenvalue weighted by molar-refractivity contribution is 5.47. The van der Waals surface area contributed by atoms with Crippen LogP contribution in [0.3, 0.4) is 0 Å². The molecule has 1 aromatic heterocycles. The van der Waals surface area contributed by atoms with Gasteiger partial charge < -0.3 is 10.5 Å². The minimum absolute atomic E-state index is 0.0395. The van der Waals surface area contributed by atoms with Gasteiger partial charge in [0.2, 0.25) is 5.95 Å². The van der Waals surface area contributed by atoms with Gasteiger partial charge in [-0.15, -0.1) is 0 Å². The van der Waals surface area contributed by atoms with Crippen molar-refractivity contribution in [2.45, 2.75) is 33.3 Å². The molecule has 1 rings (SSSR count). The highest BCUT2D eigenvalue weighted by Gasteiger charge is 2.26. The second kappa shape index (κ2) is 3.92. The van der Waals surface area contributed by atoms with Crippen molar-refractivity contribution >= 4 is 11.6 Å². The number of rotatable bonds is 2. The number of hydrogen-bond acceptors (Lipinski definition) is 6. The second-order valence-corrected chi connectivity index (χ2v) is 4.29. The Kier molecular flexibility index (Phi) is 2.97. The van der Waals surface area contributed by atoms with Crippen molar-refractivity contribution in [3.05, 3.63) is 15.8 Å². The minimum Gasteiger partial charge on any atom is -0.467 e. The van der Waals surface area contributed by atoms with Gasteiger partial charge in [0.15, 0.2) is 0 Å². The van der Waals surface area contributed by atoms with Gasteiger partial charge in [0.05, 0.1) is 4.92 Å². The first-order valence-corrected chi connectivity index (χ1v) is 4.68. The molecule has 0 bridgehead atoms. The number of hydrogen-bond donors (Lipinski definition) is 1. The van der Waals surface area contributed by atoms with Gasteiger partial charge in [-0.2, -0.15) is 4.98 Å². The molecule has 0 aromatic carbocycles. The molecule has 0 amide bonds. The fraction of sp³-hybridized carbons (Fsp3) is 0.556. The zero-order chi connectivity index (χ0) is 12.5. The van der Waals surface area contributed by atoms with E-state index in [4.69, 9.17) is 10.5 Å². The van der Waals surface area contributed by atoms with E-state index in [1.54, 1.807) is 20.8 Å². The Bertz CT molecular complexity index is 425. The van der Waals surface area contributed by atoms with Crippen molar-refractivity contribution in [1.82, 2.24) is 9.97 Å². The summed E-state index contributed by atoms with van der Waals surface area (Å²) in [4.78, 5) is 17.7. The summed E-state index contributed by atoms with van der Waals surface area (Å²) < 4.78 is 5.38. The zero-order valence-electron chi connectivity index (χ0n) is 9.64. The van der Waals surface area contributed by atoms with Gasteiger partial charge in [-0.25, -0.2) is 4.98 Å². The quantitative estimate of drug-likeness (QED) is 0.604. The van der Waals surface area contributed by atoms with E-state index in [9.17, 15) is 10.1 Å². The Hall–Kier alpha value is -1.92. The third-order valence-electron chi connectivity index (χ3n) is 1.63. The van der Waals surface area contributed by atoms with Gasteiger partial charge in [0.1, 0.15) is 11.3 Å². The highest BCUT2D eigenvalue weighted by atomic mass is 16.6. The van der Waals surface area contributed by atoms with Crippen molar-refractivity contribution in [3.63, 3.8) is 0 Å². The average Bonchev–Trinajstić information content (AvgIpc) is 1.96. The first-order chi connectivity index (χ1) is 7.20. The molecule has 0 aliphatic heterocycles. The van der Waals surface area contributed by atoms with Crippen LogP contribution in [0.15, 0.2) is 0 Å². The van der Waals surface area contributed by atoms with Crippen LogP contribution in [0.5, 0.6) is 5.88 Å². The van der Waals surface area contributed by atoms with Crippen LogP contribution in [0.2, 0.25) is 0 Å². The van der Waals surface area contributed by atoms with Gasteiger partial charge in [-0.3, -0.25) is 10.1 Å². The summed E-state index contributed by atoms with van der Waals surface area (Å²) in [5, 5.41) is 10.8. The number of aryl methyl sites for hydroxylation is 1. The summed E-state index contributed by atoms with van der Waals surface area (Å²) in [6.07, 6.45) is 0. The third kappa shape index (κ3) is 2.78. The summed E-state index contributed by atoms with van der Waals surface area (Å²) in [5.74, 6) is -0.134. The molecule has 0 radical (unpaired) electrons. The molecular formula is C9H14N4O3. The maximum Gasteiger partial charge on any atom is 0.352 e. The Labute approximate surface area is 92.8 Å². The smallest absolute Gasteiger partial charge is 0.352 e. The zero-order valence-corrected chi connectivity index (χ0v) is 9.64. The molecule has 0 unspecified atom stereocenters. The lowest BCUT2D eigenvalue weighted by molar-refractivity contribution is -0.387. The largest absolute Gasteiger partial charge is 0.467 e. The predicted molar refractivity (Wildman–Crippen MR) is 58.2 cm³/mol. The molecular weight excluding hydrogens is 212 g/mol. The van der Waals surface area contributed by atoms with Crippen molar-refractivity contribution in [3.8, 4) is 5.88 Å². The Morgan fingerprint density at radius 3 is 2.38 bits per heavy atom. The summed E-state index contributed by atoms with van der Waals surface area (Å²) in [7, 11) is 0. The number of nitro groups is 1. The third-order valence-corrected chi connectivity index (χ3v) is 1.63. The number of nitrogen functional groups attached to an aromatic ring is 1. The average molecular weight is 226 g/mol. The van der Waals surface area contributed by atoms with Crippen molar-refractivity contribution in [2.24, 2.45) is 0 Å². The monoisotopic (exact) mass is 226 g/mol. The molecule has 0 spiro atoms. The molecule has 0 aliphatic rings. The van der Waals surface area contributed by atoms with Crippen LogP contribution in [0.25, 0.3) is 0 Å². The fourth-order valence-corrected chi connectivity index (χ4v) is 1.13. The molecule has 7 heteroatoms.